The van der Waals surface area contributed by atoms with Gasteiger partial charge >= 0.3 is 0 Å². The van der Waals surface area contributed by atoms with Gasteiger partial charge in [-0.3, -0.25) is 4.79 Å². The highest BCUT2D eigenvalue weighted by Crippen LogP contribution is 2.74. The molecule has 0 spiro atoms. The molecule has 4 nitrogen and oxygen atoms in total. The molecule has 0 radical (unpaired) electrons. The summed E-state index contributed by atoms with van der Waals surface area (Å²) in [5, 5.41) is 22.6. The van der Waals surface area contributed by atoms with E-state index in [0.717, 1.165) is 44.9 Å². The average Bonchev–Trinajstić information content (AvgIpc) is 3.23. The molecular formula is C30H48O4. The maximum atomic E-state index is 12.9. The van der Waals surface area contributed by atoms with Crippen molar-refractivity contribution in [2.24, 2.45) is 39.4 Å². The Morgan fingerprint density at radius 1 is 1.03 bits per heavy atom. The van der Waals surface area contributed by atoms with Crippen LogP contribution in [0.5, 0.6) is 0 Å². The van der Waals surface area contributed by atoms with Crippen LogP contribution in [-0.4, -0.2) is 39.9 Å². The van der Waals surface area contributed by atoms with Crippen molar-refractivity contribution in [2.75, 3.05) is 0 Å². The number of hydrogen-bond acceptors (Lipinski definition) is 4. The van der Waals surface area contributed by atoms with Gasteiger partial charge in [-0.15, -0.1) is 0 Å². The predicted molar refractivity (Wildman–Crippen MR) is 134 cm³/mol. The summed E-state index contributed by atoms with van der Waals surface area (Å²) in [5.41, 5.74) is 2.59. The third-order valence-electron chi connectivity index (χ3n) is 12.2. The van der Waals surface area contributed by atoms with Crippen LogP contribution >= 0.6 is 0 Å². The Kier molecular flexibility index (Phi) is 5.44. The van der Waals surface area contributed by atoms with E-state index in [1.54, 1.807) is 0 Å². The minimum Gasteiger partial charge on any atom is -0.392 e. The average molecular weight is 473 g/mol. The molecule has 2 N–H and O–H groups in total. The Labute approximate surface area is 206 Å². The summed E-state index contributed by atoms with van der Waals surface area (Å²) in [6.45, 7) is 18.0. The normalized spacial score (nSPS) is 48.6. The lowest BCUT2D eigenvalue weighted by Crippen LogP contribution is -2.65. The van der Waals surface area contributed by atoms with Crippen molar-refractivity contribution < 1.29 is 19.7 Å². The van der Waals surface area contributed by atoms with Gasteiger partial charge in [-0.1, -0.05) is 52.7 Å². The largest absolute Gasteiger partial charge is 0.392 e. The monoisotopic (exact) mass is 472 g/mol. The molecule has 0 aromatic rings. The zero-order valence-electron chi connectivity index (χ0n) is 22.8. The Hall–Kier alpha value is -0.710. The van der Waals surface area contributed by atoms with Gasteiger partial charge in [0.15, 0.2) is 0 Å². The quantitative estimate of drug-likeness (QED) is 0.398. The molecule has 192 valence electrons. The summed E-state index contributed by atoms with van der Waals surface area (Å²) in [4.78, 5) is 12.9. The number of ether oxygens (including phenoxy) is 1. The van der Waals surface area contributed by atoms with Gasteiger partial charge in [0.25, 0.3) is 0 Å². The Balaban J connectivity index is 1.47. The molecule has 0 aromatic heterocycles. The molecule has 9 atom stereocenters. The van der Waals surface area contributed by atoms with Gasteiger partial charge in [0.1, 0.15) is 11.9 Å². The third kappa shape index (κ3) is 3.16. The second-order valence-electron chi connectivity index (χ2n) is 14.6. The number of rotatable bonds is 4. The fourth-order valence-corrected chi connectivity index (χ4v) is 10.1. The van der Waals surface area contributed by atoms with E-state index in [0.29, 0.717) is 24.0 Å². The molecule has 4 fully saturated rings. The van der Waals surface area contributed by atoms with Crippen LogP contribution in [0.2, 0.25) is 0 Å². The zero-order chi connectivity index (χ0) is 25.1. The van der Waals surface area contributed by atoms with E-state index in [2.05, 4.69) is 55.4 Å². The molecule has 0 aromatic carbocycles. The minimum atomic E-state index is -0.432. The zero-order valence-corrected chi connectivity index (χ0v) is 22.8. The Morgan fingerprint density at radius 3 is 2.29 bits per heavy atom. The van der Waals surface area contributed by atoms with Gasteiger partial charge < -0.3 is 14.9 Å². The second-order valence-corrected chi connectivity index (χ2v) is 14.6. The number of carbonyl (C=O) groups is 1. The first kappa shape index (κ1) is 25.0. The lowest BCUT2D eigenvalue weighted by atomic mass is 9.36. The van der Waals surface area contributed by atoms with E-state index in [-0.39, 0.29) is 45.4 Å². The van der Waals surface area contributed by atoms with Crippen LogP contribution in [-0.2, 0) is 9.53 Å². The SMILES string of the molecule is CC(CC(O)C1OC1(C)C)C1=C2CC(O)C3[C@@]4(C)CCC(=O)C(C)(C)C4CC[C@]3(C)[C@@]2(C)CC1. The van der Waals surface area contributed by atoms with Crippen LogP contribution in [0.25, 0.3) is 0 Å². The first-order chi connectivity index (χ1) is 15.6. The smallest absolute Gasteiger partial charge is 0.138 e. The van der Waals surface area contributed by atoms with Crippen molar-refractivity contribution in [2.45, 2.75) is 131 Å². The van der Waals surface area contributed by atoms with Gasteiger partial charge in [-0.05, 0) is 92.8 Å². The molecule has 4 aliphatic carbocycles. The minimum absolute atomic E-state index is 0.00216. The number of aliphatic hydroxyl groups excluding tert-OH is 2. The molecule has 3 saturated carbocycles. The van der Waals surface area contributed by atoms with Gasteiger partial charge in [0.2, 0.25) is 0 Å². The topological polar surface area (TPSA) is 70.1 Å². The van der Waals surface area contributed by atoms with Crippen molar-refractivity contribution in [1.29, 1.82) is 0 Å². The molecule has 0 bridgehead atoms. The number of carbonyl (C=O) groups excluding carboxylic acids is 1. The van der Waals surface area contributed by atoms with Crippen LogP contribution in [0, 0.1) is 39.4 Å². The summed E-state index contributed by atoms with van der Waals surface area (Å²) in [5.74, 6) is 1.28. The van der Waals surface area contributed by atoms with Gasteiger partial charge in [0, 0.05) is 11.8 Å². The van der Waals surface area contributed by atoms with Crippen molar-refractivity contribution >= 4 is 5.78 Å². The van der Waals surface area contributed by atoms with Gasteiger partial charge in [0.05, 0.1) is 17.8 Å². The lowest BCUT2D eigenvalue weighted by molar-refractivity contribution is -0.208. The van der Waals surface area contributed by atoms with E-state index >= 15 is 0 Å². The van der Waals surface area contributed by atoms with E-state index in [4.69, 9.17) is 4.74 Å². The lowest BCUT2D eigenvalue weighted by Gasteiger charge is -2.69. The summed E-state index contributed by atoms with van der Waals surface area (Å²) in [7, 11) is 0. The maximum Gasteiger partial charge on any atom is 0.138 e. The first-order valence-corrected chi connectivity index (χ1v) is 13.9. The molecular weight excluding hydrogens is 424 g/mol. The fraction of sp³-hybridized carbons (Fsp3) is 0.900. The summed E-state index contributed by atoms with van der Waals surface area (Å²) < 4.78 is 5.72. The Morgan fingerprint density at radius 2 is 1.68 bits per heavy atom. The molecule has 1 aliphatic heterocycles. The highest BCUT2D eigenvalue weighted by Gasteiger charge is 2.69. The molecule has 6 unspecified atom stereocenters. The number of epoxide rings is 1. The van der Waals surface area contributed by atoms with Crippen LogP contribution in [0.1, 0.15) is 107 Å². The van der Waals surface area contributed by atoms with Gasteiger partial charge in [-0.2, -0.15) is 0 Å². The van der Waals surface area contributed by atoms with Crippen LogP contribution < -0.4 is 0 Å². The molecule has 5 rings (SSSR count). The molecule has 1 saturated heterocycles. The van der Waals surface area contributed by atoms with Gasteiger partial charge in [-0.25, -0.2) is 0 Å². The summed E-state index contributed by atoms with van der Waals surface area (Å²) in [6.07, 6.45) is 6.59. The number of aliphatic hydroxyl groups is 2. The standard InChI is InChI=1S/C30H48O4/c1-17(15-21(32)25-27(4,5)34-25)18-9-13-29(7)19(18)16-20(31)24-28(6)12-11-23(33)26(2,3)22(28)10-14-30(24,29)8/h17,20-22,24-25,31-32H,9-16H2,1-8H3/t17?,20?,21?,22?,24?,25?,28-,29-,30-/m0/s1. The van der Waals surface area contributed by atoms with Crippen molar-refractivity contribution in [3.05, 3.63) is 11.1 Å². The van der Waals surface area contributed by atoms with Crippen LogP contribution in [0.15, 0.2) is 11.1 Å². The number of ketones is 1. The van der Waals surface area contributed by atoms with Crippen molar-refractivity contribution in [3.8, 4) is 0 Å². The van der Waals surface area contributed by atoms with Crippen LogP contribution in [0.3, 0.4) is 0 Å². The molecule has 0 amide bonds. The fourth-order valence-electron chi connectivity index (χ4n) is 10.1. The first-order valence-electron chi connectivity index (χ1n) is 13.9. The summed E-state index contributed by atoms with van der Waals surface area (Å²) >= 11 is 0. The van der Waals surface area contributed by atoms with Crippen LogP contribution in [0.4, 0.5) is 0 Å². The molecule has 5 aliphatic rings. The highest BCUT2D eigenvalue weighted by molar-refractivity contribution is 5.85. The maximum absolute atomic E-state index is 12.9. The predicted octanol–water partition coefficient (Wildman–Crippen LogP) is 5.84. The number of allylic oxidation sites excluding steroid dienone is 1. The van der Waals surface area contributed by atoms with Crippen molar-refractivity contribution in [3.63, 3.8) is 0 Å². The molecule has 34 heavy (non-hydrogen) atoms. The third-order valence-corrected chi connectivity index (χ3v) is 12.2. The van der Waals surface area contributed by atoms with Crippen molar-refractivity contribution in [1.82, 2.24) is 0 Å². The van der Waals surface area contributed by atoms with E-state index in [1.165, 1.54) is 11.1 Å². The van der Waals surface area contributed by atoms with E-state index in [9.17, 15) is 15.0 Å². The second kappa shape index (κ2) is 7.42. The van der Waals surface area contributed by atoms with E-state index < -0.39 is 6.10 Å². The Bertz CT molecular complexity index is 917. The number of fused-ring (bicyclic) bond motifs is 5. The highest BCUT2D eigenvalue weighted by atomic mass is 16.6. The molecule has 4 heteroatoms. The number of hydrogen-bond donors (Lipinski definition) is 2. The summed E-state index contributed by atoms with van der Waals surface area (Å²) in [6, 6.07) is 0. The molecule has 1 heterocycles. The van der Waals surface area contributed by atoms with E-state index in [1.807, 2.05) is 0 Å². The number of Topliss-reactive ketones (excluding diaryl/α,β-unsaturated/α-hetero) is 1.